The quantitative estimate of drug-likeness (QED) is 0.673. The van der Waals surface area contributed by atoms with Crippen LogP contribution in [0, 0.1) is 0 Å². The zero-order valence-electron chi connectivity index (χ0n) is 13.8. The number of hydrogen-bond donors (Lipinski definition) is 0. The van der Waals surface area contributed by atoms with Crippen molar-refractivity contribution < 1.29 is 0 Å². The third kappa shape index (κ3) is 7.31. The lowest BCUT2D eigenvalue weighted by Crippen LogP contribution is -2.36. The SMILES string of the molecule is CC(=C[SiH](C)C)C(C)N1CCCCCCCCCC1. The Hall–Kier alpha value is -0.0831. The van der Waals surface area contributed by atoms with Crippen molar-refractivity contribution in [2.24, 2.45) is 0 Å². The number of nitrogens with zero attached hydrogens (tertiary/aromatic N) is 1. The maximum atomic E-state index is 2.74. The Morgan fingerprint density at radius 1 is 0.895 bits per heavy atom. The van der Waals surface area contributed by atoms with Crippen LogP contribution in [0.2, 0.25) is 13.1 Å². The summed E-state index contributed by atoms with van der Waals surface area (Å²) in [5.41, 5.74) is 4.20. The highest BCUT2D eigenvalue weighted by atomic mass is 28.3. The topological polar surface area (TPSA) is 3.24 Å². The molecule has 0 aromatic rings. The van der Waals surface area contributed by atoms with Crippen LogP contribution >= 0.6 is 0 Å². The van der Waals surface area contributed by atoms with Gasteiger partial charge in [-0.2, -0.15) is 0 Å². The van der Waals surface area contributed by atoms with E-state index < -0.39 is 8.80 Å². The van der Waals surface area contributed by atoms with Crippen molar-refractivity contribution in [1.82, 2.24) is 4.90 Å². The second kappa shape index (κ2) is 9.76. The average molecular weight is 282 g/mol. The molecule has 0 aromatic heterocycles. The maximum absolute atomic E-state index is 2.74. The molecule has 0 N–H and O–H groups in total. The smallest absolute Gasteiger partial charge is 0.0554 e. The molecule has 0 aliphatic carbocycles. The monoisotopic (exact) mass is 281 g/mol. The van der Waals surface area contributed by atoms with Crippen molar-refractivity contribution in [1.29, 1.82) is 0 Å². The summed E-state index contributed by atoms with van der Waals surface area (Å²) in [6, 6.07) is 0.663. The normalized spacial score (nSPS) is 23.1. The summed E-state index contributed by atoms with van der Waals surface area (Å²) in [6.07, 6.45) is 11.5. The van der Waals surface area contributed by atoms with Gasteiger partial charge in [0, 0.05) is 6.04 Å². The highest BCUT2D eigenvalue weighted by Gasteiger charge is 2.15. The standard InChI is InChI=1S/C17H35NSi/c1-16(15-19(3)4)17(2)18-13-11-9-7-5-6-8-10-12-14-18/h15,17,19H,5-14H2,1-4H3. The van der Waals surface area contributed by atoms with E-state index >= 15 is 0 Å². The molecule has 0 aromatic carbocycles. The molecule has 1 heterocycles. The molecule has 0 saturated carbocycles. The fraction of sp³-hybridized carbons (Fsp3) is 0.882. The molecule has 0 bridgehead atoms. The molecular formula is C17H35NSi. The van der Waals surface area contributed by atoms with Crippen LogP contribution in [0.5, 0.6) is 0 Å². The van der Waals surface area contributed by atoms with Crippen molar-refractivity contribution in [3.05, 3.63) is 11.3 Å². The zero-order valence-corrected chi connectivity index (χ0v) is 14.9. The molecule has 1 saturated heterocycles. The van der Waals surface area contributed by atoms with Crippen LogP contribution < -0.4 is 0 Å². The van der Waals surface area contributed by atoms with E-state index in [0.29, 0.717) is 6.04 Å². The molecule has 1 nitrogen and oxygen atoms in total. The van der Waals surface area contributed by atoms with Gasteiger partial charge in [0.05, 0.1) is 8.80 Å². The summed E-state index contributed by atoms with van der Waals surface area (Å²) < 4.78 is 0. The van der Waals surface area contributed by atoms with E-state index in [2.05, 4.69) is 37.5 Å². The summed E-state index contributed by atoms with van der Waals surface area (Å²) >= 11 is 0. The maximum Gasteiger partial charge on any atom is 0.0554 e. The van der Waals surface area contributed by atoms with Crippen LogP contribution in [0.3, 0.4) is 0 Å². The summed E-state index contributed by atoms with van der Waals surface area (Å²) in [4.78, 5) is 2.74. The number of rotatable bonds is 3. The molecule has 1 fully saturated rings. The Labute approximate surface area is 123 Å². The van der Waals surface area contributed by atoms with Crippen molar-refractivity contribution in [3.63, 3.8) is 0 Å². The van der Waals surface area contributed by atoms with Crippen molar-refractivity contribution in [2.75, 3.05) is 13.1 Å². The van der Waals surface area contributed by atoms with Gasteiger partial charge in [-0.25, -0.2) is 0 Å². The van der Waals surface area contributed by atoms with Gasteiger partial charge in [0.1, 0.15) is 0 Å². The van der Waals surface area contributed by atoms with Crippen molar-refractivity contribution in [3.8, 4) is 0 Å². The van der Waals surface area contributed by atoms with Gasteiger partial charge >= 0.3 is 0 Å². The molecule has 0 spiro atoms. The Bertz CT molecular complexity index is 248. The molecule has 112 valence electrons. The van der Waals surface area contributed by atoms with Gasteiger partial charge in [-0.1, -0.05) is 62.9 Å². The summed E-state index contributed by atoms with van der Waals surface area (Å²) in [5.74, 6) is 0. The van der Waals surface area contributed by atoms with E-state index in [1.165, 1.54) is 64.5 Å². The third-order valence-electron chi connectivity index (χ3n) is 4.44. The fourth-order valence-electron chi connectivity index (χ4n) is 3.14. The van der Waals surface area contributed by atoms with Gasteiger partial charge in [0.25, 0.3) is 0 Å². The molecule has 1 rings (SSSR count). The lowest BCUT2D eigenvalue weighted by Gasteiger charge is -2.30. The molecule has 2 heteroatoms. The fourth-order valence-corrected chi connectivity index (χ4v) is 4.47. The Morgan fingerprint density at radius 3 is 1.74 bits per heavy atom. The molecule has 19 heavy (non-hydrogen) atoms. The average Bonchev–Trinajstić information content (AvgIpc) is 2.42. The molecule has 1 aliphatic heterocycles. The Balaban J connectivity index is 2.54. The minimum absolute atomic E-state index is 0.571. The predicted octanol–water partition coefficient (Wildman–Crippen LogP) is 4.78. The Morgan fingerprint density at radius 2 is 1.32 bits per heavy atom. The third-order valence-corrected chi connectivity index (χ3v) is 5.64. The van der Waals surface area contributed by atoms with Crippen LogP contribution in [0.1, 0.15) is 65.2 Å². The van der Waals surface area contributed by atoms with Gasteiger partial charge in [-0.05, 0) is 39.8 Å². The molecule has 1 aliphatic rings. The molecule has 0 radical (unpaired) electrons. The summed E-state index contributed by atoms with van der Waals surface area (Å²) in [5, 5.41) is 0. The zero-order chi connectivity index (χ0) is 14.1. The van der Waals surface area contributed by atoms with Gasteiger partial charge in [0.2, 0.25) is 0 Å². The minimum Gasteiger partial charge on any atom is -0.297 e. The second-order valence-corrected chi connectivity index (χ2v) is 9.52. The van der Waals surface area contributed by atoms with Crippen LogP contribution in [0.15, 0.2) is 11.3 Å². The summed E-state index contributed by atoms with van der Waals surface area (Å²) in [6.45, 7) is 12.2. The van der Waals surface area contributed by atoms with Crippen molar-refractivity contribution >= 4 is 8.80 Å². The van der Waals surface area contributed by atoms with E-state index in [1.807, 2.05) is 0 Å². The lowest BCUT2D eigenvalue weighted by molar-refractivity contribution is 0.224. The first-order chi connectivity index (χ1) is 9.11. The highest BCUT2D eigenvalue weighted by molar-refractivity contribution is 6.61. The molecular weight excluding hydrogens is 246 g/mol. The first-order valence-electron chi connectivity index (χ1n) is 8.53. The predicted molar refractivity (Wildman–Crippen MR) is 90.6 cm³/mol. The summed E-state index contributed by atoms with van der Waals surface area (Å²) in [7, 11) is -0.571. The van der Waals surface area contributed by atoms with E-state index in [4.69, 9.17) is 0 Å². The van der Waals surface area contributed by atoms with Crippen LogP contribution in [0.4, 0.5) is 0 Å². The van der Waals surface area contributed by atoms with E-state index in [9.17, 15) is 0 Å². The lowest BCUT2D eigenvalue weighted by atomic mass is 10.1. The first kappa shape index (κ1) is 17.0. The van der Waals surface area contributed by atoms with Crippen LogP contribution in [0.25, 0.3) is 0 Å². The molecule has 0 amide bonds. The van der Waals surface area contributed by atoms with E-state index in [0.717, 1.165) is 0 Å². The van der Waals surface area contributed by atoms with Crippen LogP contribution in [-0.2, 0) is 0 Å². The van der Waals surface area contributed by atoms with E-state index in [-0.39, 0.29) is 0 Å². The number of hydrogen-bond acceptors (Lipinski definition) is 1. The van der Waals surface area contributed by atoms with Gasteiger partial charge in [-0.3, -0.25) is 4.90 Å². The van der Waals surface area contributed by atoms with Crippen molar-refractivity contribution in [2.45, 2.75) is 84.3 Å². The Kier molecular flexibility index (Phi) is 8.72. The van der Waals surface area contributed by atoms with Gasteiger partial charge < -0.3 is 0 Å². The molecule has 1 atom stereocenters. The largest absolute Gasteiger partial charge is 0.297 e. The van der Waals surface area contributed by atoms with Gasteiger partial charge in [0.15, 0.2) is 0 Å². The highest BCUT2D eigenvalue weighted by Crippen LogP contribution is 2.17. The second-order valence-electron chi connectivity index (χ2n) is 6.70. The minimum atomic E-state index is -0.571. The van der Waals surface area contributed by atoms with E-state index in [1.54, 1.807) is 5.57 Å². The van der Waals surface area contributed by atoms with Crippen LogP contribution in [-0.4, -0.2) is 32.8 Å². The first-order valence-corrected chi connectivity index (χ1v) is 11.5. The van der Waals surface area contributed by atoms with Gasteiger partial charge in [-0.15, -0.1) is 0 Å². The molecule has 1 unspecified atom stereocenters.